The smallest absolute Gasteiger partial charge is 0.318 e. The highest BCUT2D eigenvalue weighted by molar-refractivity contribution is 5.83. The number of carboxylic acids is 1. The largest absolute Gasteiger partial charge is 0.480 e. The molecule has 0 aliphatic heterocycles. The van der Waals surface area contributed by atoms with Crippen molar-refractivity contribution < 1.29 is 9.90 Å². The number of rotatable bonds is 5. The Morgan fingerprint density at radius 1 is 1.47 bits per heavy atom. The molecule has 0 amide bonds. The first kappa shape index (κ1) is 11.5. The Hall–Kier alpha value is -1.57. The third-order valence-electron chi connectivity index (χ3n) is 2.66. The molecule has 0 heterocycles. The molecule has 0 aliphatic carbocycles. The zero-order valence-electron chi connectivity index (χ0n) is 8.94. The molecule has 0 fully saturated rings. The normalized spacial score (nSPS) is 14.2. The van der Waals surface area contributed by atoms with E-state index < -0.39 is 11.4 Å². The fourth-order valence-corrected chi connectivity index (χ4v) is 1.81. The van der Waals surface area contributed by atoms with Gasteiger partial charge in [0.1, 0.15) is 5.41 Å². The highest BCUT2D eigenvalue weighted by Crippen LogP contribution is 2.30. The molecule has 1 aromatic carbocycles. The van der Waals surface area contributed by atoms with Crippen molar-refractivity contribution >= 4 is 5.97 Å². The minimum atomic E-state index is -0.935. The molecular formula is C13H16O2. The molecule has 1 N–H and O–H groups in total. The van der Waals surface area contributed by atoms with Crippen molar-refractivity contribution in [2.24, 2.45) is 0 Å². The molecule has 2 nitrogen and oxygen atoms in total. The number of hydrogen-bond donors (Lipinski definition) is 1. The van der Waals surface area contributed by atoms with Gasteiger partial charge in [-0.05, 0) is 12.0 Å². The summed E-state index contributed by atoms with van der Waals surface area (Å²) in [6.07, 6.45) is 2.93. The van der Waals surface area contributed by atoms with Crippen molar-refractivity contribution in [3.05, 3.63) is 48.6 Å². The third-order valence-corrected chi connectivity index (χ3v) is 2.66. The number of hydrogen-bond acceptors (Lipinski definition) is 1. The van der Waals surface area contributed by atoms with E-state index in [2.05, 4.69) is 6.58 Å². The van der Waals surface area contributed by atoms with Gasteiger partial charge in [-0.1, -0.05) is 49.8 Å². The lowest BCUT2D eigenvalue weighted by atomic mass is 9.77. The Morgan fingerprint density at radius 3 is 2.47 bits per heavy atom. The lowest BCUT2D eigenvalue weighted by Gasteiger charge is -2.25. The molecule has 1 rings (SSSR count). The monoisotopic (exact) mass is 204 g/mol. The predicted molar refractivity (Wildman–Crippen MR) is 60.9 cm³/mol. The van der Waals surface area contributed by atoms with Gasteiger partial charge in [0.2, 0.25) is 0 Å². The van der Waals surface area contributed by atoms with Crippen molar-refractivity contribution in [1.82, 2.24) is 0 Å². The van der Waals surface area contributed by atoms with E-state index in [-0.39, 0.29) is 0 Å². The van der Waals surface area contributed by atoms with E-state index in [0.29, 0.717) is 6.42 Å². The number of benzene rings is 1. The van der Waals surface area contributed by atoms with Crippen LogP contribution in [0, 0.1) is 0 Å². The van der Waals surface area contributed by atoms with Crippen molar-refractivity contribution in [2.45, 2.75) is 25.2 Å². The average molecular weight is 204 g/mol. The Labute approximate surface area is 90.3 Å². The van der Waals surface area contributed by atoms with Crippen LogP contribution in [0.15, 0.2) is 43.0 Å². The van der Waals surface area contributed by atoms with Gasteiger partial charge in [-0.25, -0.2) is 0 Å². The first-order valence-electron chi connectivity index (χ1n) is 5.10. The Kier molecular flexibility index (Phi) is 3.67. The zero-order chi connectivity index (χ0) is 11.3. The van der Waals surface area contributed by atoms with Gasteiger partial charge in [0.15, 0.2) is 0 Å². The molecule has 1 atom stereocenters. The van der Waals surface area contributed by atoms with Gasteiger partial charge >= 0.3 is 5.97 Å². The van der Waals surface area contributed by atoms with Crippen LogP contribution in [0.2, 0.25) is 0 Å². The van der Waals surface area contributed by atoms with Crippen LogP contribution in [0.3, 0.4) is 0 Å². The van der Waals surface area contributed by atoms with Gasteiger partial charge in [0, 0.05) is 0 Å². The maximum Gasteiger partial charge on any atom is 0.318 e. The number of carbonyl (C=O) groups is 1. The van der Waals surface area contributed by atoms with Gasteiger partial charge in [-0.3, -0.25) is 4.79 Å². The fourth-order valence-electron chi connectivity index (χ4n) is 1.81. The van der Waals surface area contributed by atoms with Crippen LogP contribution in [0.5, 0.6) is 0 Å². The van der Waals surface area contributed by atoms with Crippen LogP contribution in [-0.4, -0.2) is 11.1 Å². The molecule has 0 saturated heterocycles. The molecule has 0 aromatic heterocycles. The summed E-state index contributed by atoms with van der Waals surface area (Å²) in [5.74, 6) is -0.828. The van der Waals surface area contributed by atoms with Gasteiger partial charge in [-0.15, -0.1) is 6.58 Å². The van der Waals surface area contributed by atoms with E-state index in [1.54, 1.807) is 0 Å². The summed E-state index contributed by atoms with van der Waals surface area (Å²) in [4.78, 5) is 11.4. The van der Waals surface area contributed by atoms with Crippen molar-refractivity contribution in [1.29, 1.82) is 0 Å². The molecule has 1 aromatic rings. The highest BCUT2D eigenvalue weighted by atomic mass is 16.4. The summed E-state index contributed by atoms with van der Waals surface area (Å²) in [6.45, 7) is 5.64. The van der Waals surface area contributed by atoms with Gasteiger partial charge in [-0.2, -0.15) is 0 Å². The zero-order valence-corrected chi connectivity index (χ0v) is 8.94. The third kappa shape index (κ3) is 2.09. The second-order valence-electron chi connectivity index (χ2n) is 3.60. The lowest BCUT2D eigenvalue weighted by molar-refractivity contribution is -0.142. The maximum absolute atomic E-state index is 11.4. The molecule has 0 spiro atoms. The maximum atomic E-state index is 11.4. The second kappa shape index (κ2) is 4.78. The van der Waals surface area contributed by atoms with Crippen molar-refractivity contribution in [3.63, 3.8) is 0 Å². The second-order valence-corrected chi connectivity index (χ2v) is 3.60. The quantitative estimate of drug-likeness (QED) is 0.748. The molecule has 0 bridgehead atoms. The summed E-state index contributed by atoms with van der Waals surface area (Å²) < 4.78 is 0. The van der Waals surface area contributed by atoms with Crippen LogP contribution < -0.4 is 0 Å². The van der Waals surface area contributed by atoms with Gasteiger partial charge in [0.05, 0.1) is 0 Å². The van der Waals surface area contributed by atoms with Crippen molar-refractivity contribution in [3.8, 4) is 0 Å². The topological polar surface area (TPSA) is 37.3 Å². The average Bonchev–Trinajstić information content (AvgIpc) is 2.26. The minimum Gasteiger partial charge on any atom is -0.480 e. The SMILES string of the molecule is C=C[C@](CCC)(C(=O)O)c1ccccc1. The summed E-state index contributed by atoms with van der Waals surface area (Å²) >= 11 is 0. The minimum absolute atomic E-state index is 0.579. The molecule has 15 heavy (non-hydrogen) atoms. The summed E-state index contributed by atoms with van der Waals surface area (Å²) in [6, 6.07) is 9.26. The Balaban J connectivity index is 3.21. The standard InChI is InChI=1S/C13H16O2/c1-3-10-13(4-2,12(14)15)11-8-6-5-7-9-11/h4-9H,2-3,10H2,1H3,(H,14,15)/t13-/m1/s1. The molecule has 0 aliphatic rings. The molecule has 0 saturated carbocycles. The van der Waals surface area contributed by atoms with Gasteiger partial charge in [0.25, 0.3) is 0 Å². The molecule has 0 radical (unpaired) electrons. The lowest BCUT2D eigenvalue weighted by Crippen LogP contribution is -2.33. The Morgan fingerprint density at radius 2 is 2.07 bits per heavy atom. The fraction of sp³-hybridized carbons (Fsp3) is 0.308. The molecule has 80 valence electrons. The summed E-state index contributed by atoms with van der Waals surface area (Å²) in [5, 5.41) is 9.34. The van der Waals surface area contributed by atoms with E-state index in [4.69, 9.17) is 0 Å². The Bertz CT molecular complexity index is 343. The summed E-state index contributed by atoms with van der Waals surface area (Å²) in [5.41, 5.74) is -0.134. The number of carboxylic acid groups (broad SMARTS) is 1. The first-order chi connectivity index (χ1) is 7.17. The molecule has 2 heteroatoms. The van der Waals surface area contributed by atoms with E-state index in [0.717, 1.165) is 12.0 Å². The predicted octanol–water partition coefficient (Wildman–Crippen LogP) is 3.00. The van der Waals surface area contributed by atoms with Crippen LogP contribution >= 0.6 is 0 Å². The number of aliphatic carboxylic acids is 1. The molecule has 0 unspecified atom stereocenters. The van der Waals surface area contributed by atoms with E-state index in [9.17, 15) is 9.90 Å². The van der Waals surface area contributed by atoms with Crippen LogP contribution in [0.4, 0.5) is 0 Å². The van der Waals surface area contributed by atoms with E-state index in [1.165, 1.54) is 6.08 Å². The van der Waals surface area contributed by atoms with Crippen LogP contribution in [-0.2, 0) is 10.2 Å². The van der Waals surface area contributed by atoms with Crippen molar-refractivity contribution in [2.75, 3.05) is 0 Å². The summed E-state index contributed by atoms with van der Waals surface area (Å²) in [7, 11) is 0. The van der Waals surface area contributed by atoms with Crippen LogP contribution in [0.1, 0.15) is 25.3 Å². The first-order valence-corrected chi connectivity index (χ1v) is 5.10. The van der Waals surface area contributed by atoms with Crippen LogP contribution in [0.25, 0.3) is 0 Å². The van der Waals surface area contributed by atoms with E-state index >= 15 is 0 Å². The van der Waals surface area contributed by atoms with Gasteiger partial charge < -0.3 is 5.11 Å². The molecular weight excluding hydrogens is 188 g/mol. The van der Waals surface area contributed by atoms with E-state index in [1.807, 2.05) is 37.3 Å². The highest BCUT2D eigenvalue weighted by Gasteiger charge is 2.35.